The van der Waals surface area contributed by atoms with E-state index in [1.54, 1.807) is 6.08 Å². The third-order valence-electron chi connectivity index (χ3n) is 10.3. The van der Waals surface area contributed by atoms with Crippen molar-refractivity contribution in [3.63, 3.8) is 0 Å². The minimum absolute atomic E-state index is 0.0609. The van der Waals surface area contributed by atoms with E-state index in [9.17, 15) is 25.5 Å². The first-order chi connectivity index (χ1) is 23.8. The Morgan fingerprint density at radius 3 is 1.59 bits per heavy atom. The molecule has 1 aliphatic carbocycles. The molecule has 0 aliphatic heterocycles. The normalized spacial score (nSPS) is 21.6. The molecule has 1 rings (SSSR count). The Morgan fingerprint density at radius 1 is 0.694 bits per heavy atom. The first kappa shape index (κ1) is 46.4. The summed E-state index contributed by atoms with van der Waals surface area (Å²) in [6.45, 7) is 4.22. The van der Waals surface area contributed by atoms with Gasteiger partial charge in [0, 0.05) is 6.42 Å². The van der Waals surface area contributed by atoms with E-state index < -0.39 is 42.7 Å². The largest absolute Gasteiger partial charge is 0.393 e. The molecular formula is C41H79NO6S. The second-order valence-corrected chi connectivity index (χ2v) is 15.4. The van der Waals surface area contributed by atoms with Gasteiger partial charge >= 0.3 is 0 Å². The molecule has 0 saturated carbocycles. The molecule has 0 amide bonds. The third-order valence-corrected chi connectivity index (χ3v) is 10.6. The van der Waals surface area contributed by atoms with Gasteiger partial charge in [-0.3, -0.25) is 0 Å². The molecule has 0 heterocycles. The smallest absolute Gasteiger partial charge is 0.112 e. The van der Waals surface area contributed by atoms with Gasteiger partial charge < -0.3 is 35.6 Å². The van der Waals surface area contributed by atoms with Gasteiger partial charge in [0.05, 0.1) is 35.9 Å². The van der Waals surface area contributed by atoms with Crippen LogP contribution in [0.1, 0.15) is 194 Å². The molecule has 7 unspecified atom stereocenters. The Hall–Kier alpha value is -0.610. The monoisotopic (exact) mass is 714 g/mol. The van der Waals surface area contributed by atoms with Gasteiger partial charge in [0.15, 0.2) is 0 Å². The topological polar surface area (TPSA) is 122 Å². The number of allylic oxidation sites excluding steroid dienone is 1. The van der Waals surface area contributed by atoms with Crippen LogP contribution >= 0.6 is 12.2 Å². The lowest BCUT2D eigenvalue weighted by Gasteiger charge is -2.33. The fraction of sp³-hybridized carbons (Fsp3) is 0.927. The molecule has 0 aromatic carbocycles. The van der Waals surface area contributed by atoms with Crippen molar-refractivity contribution in [1.82, 2.24) is 5.32 Å². The number of hydrogen-bond donors (Lipinski definition) is 6. The number of unbranched alkanes of at least 4 members (excludes halogenated alkanes) is 22. The summed E-state index contributed by atoms with van der Waals surface area (Å²) in [6.07, 6.45) is 31.2. The Morgan fingerprint density at radius 2 is 1.14 bits per heavy atom. The fourth-order valence-electron chi connectivity index (χ4n) is 6.82. The van der Waals surface area contributed by atoms with Crippen LogP contribution in [0, 0.1) is 0 Å². The summed E-state index contributed by atoms with van der Waals surface area (Å²) in [4.78, 5) is 0.666. The highest BCUT2D eigenvalue weighted by atomic mass is 32.1. The number of rotatable bonds is 32. The minimum Gasteiger partial charge on any atom is -0.393 e. The van der Waals surface area contributed by atoms with Crippen molar-refractivity contribution in [1.29, 1.82) is 0 Å². The minimum atomic E-state index is -1.35. The molecule has 0 radical (unpaired) electrons. The molecule has 7 atom stereocenters. The van der Waals surface area contributed by atoms with Gasteiger partial charge in [0.1, 0.15) is 18.3 Å². The predicted octanol–water partition coefficient (Wildman–Crippen LogP) is 8.99. The van der Waals surface area contributed by atoms with Crippen LogP contribution in [0.15, 0.2) is 12.2 Å². The molecule has 1 aliphatic rings. The number of nitrogens with one attached hydrogen (secondary N) is 1. The molecule has 7 nitrogen and oxygen atoms in total. The highest BCUT2D eigenvalue weighted by molar-refractivity contribution is 7.80. The zero-order valence-corrected chi connectivity index (χ0v) is 32.6. The van der Waals surface area contributed by atoms with E-state index in [1.165, 1.54) is 141 Å². The van der Waals surface area contributed by atoms with Gasteiger partial charge in [0.2, 0.25) is 0 Å². The van der Waals surface area contributed by atoms with E-state index in [4.69, 9.17) is 17.0 Å². The second kappa shape index (κ2) is 32.1. The molecule has 0 spiro atoms. The maximum atomic E-state index is 10.9. The fourth-order valence-corrected chi connectivity index (χ4v) is 7.12. The summed E-state index contributed by atoms with van der Waals surface area (Å²) in [7, 11) is 0. The number of thiocarbonyl (C=S) groups is 1. The van der Waals surface area contributed by atoms with Gasteiger partial charge in [-0.1, -0.05) is 179 Å². The maximum Gasteiger partial charge on any atom is 0.112 e. The molecule has 290 valence electrons. The number of ether oxygens (including phenoxy) is 1. The Bertz CT molecular complexity index is 785. The van der Waals surface area contributed by atoms with Gasteiger partial charge in [-0.15, -0.1) is 0 Å². The molecule has 0 aromatic heterocycles. The molecule has 0 aromatic rings. The summed E-state index contributed by atoms with van der Waals surface area (Å²) >= 11 is 5.62. The molecule has 0 fully saturated rings. The standard InChI is InChI=1S/C41H79NO6S/c1-3-5-6-7-8-9-10-11-12-13-14-15-16-17-18-19-20-21-22-23-24-25-26-31-39(49)42-35(37(45)32-34(43)4-2)33-48-38-30-28-27-29-36(44)40(46)41(38)47/h27,29,34-38,40-41,43-47H,3-26,28,30-33H2,1-2H3,(H,42,49). The lowest BCUT2D eigenvalue weighted by Crippen LogP contribution is -2.50. The SMILES string of the molecule is CCCCCCCCCCCCCCCCCCCCCCCCCC(=S)NC(COC1CCC=CC(O)C(O)C1O)C(O)CC(O)CC. The molecule has 8 heteroatoms. The van der Waals surface area contributed by atoms with Crippen LogP contribution in [0.25, 0.3) is 0 Å². The quantitative estimate of drug-likeness (QED) is 0.0232. The lowest BCUT2D eigenvalue weighted by atomic mass is 9.96. The highest BCUT2D eigenvalue weighted by Crippen LogP contribution is 2.20. The number of aliphatic hydroxyl groups excluding tert-OH is 5. The van der Waals surface area contributed by atoms with Crippen LogP contribution in [0.4, 0.5) is 0 Å². The van der Waals surface area contributed by atoms with Gasteiger partial charge in [-0.2, -0.15) is 0 Å². The number of aliphatic hydroxyl groups is 5. The zero-order chi connectivity index (χ0) is 36.0. The Balaban J connectivity index is 2.09. The van der Waals surface area contributed by atoms with E-state index in [0.717, 1.165) is 19.3 Å². The van der Waals surface area contributed by atoms with Gasteiger partial charge in [-0.05, 0) is 32.1 Å². The van der Waals surface area contributed by atoms with E-state index in [0.29, 0.717) is 24.3 Å². The first-order valence-corrected chi connectivity index (χ1v) is 21.2. The van der Waals surface area contributed by atoms with Crippen molar-refractivity contribution < 1.29 is 30.3 Å². The van der Waals surface area contributed by atoms with E-state index >= 15 is 0 Å². The summed E-state index contributed by atoms with van der Waals surface area (Å²) in [5, 5.41) is 55.1. The molecule has 49 heavy (non-hydrogen) atoms. The van der Waals surface area contributed by atoms with Crippen LogP contribution in [-0.2, 0) is 4.74 Å². The Labute approximate surface area is 307 Å². The average molecular weight is 714 g/mol. The summed E-state index contributed by atoms with van der Waals surface area (Å²) < 4.78 is 5.98. The summed E-state index contributed by atoms with van der Waals surface area (Å²) in [5.74, 6) is 0. The van der Waals surface area contributed by atoms with Crippen LogP contribution < -0.4 is 5.32 Å². The first-order valence-electron chi connectivity index (χ1n) is 20.8. The van der Waals surface area contributed by atoms with Crippen molar-refractivity contribution in [3.05, 3.63) is 12.2 Å². The van der Waals surface area contributed by atoms with Gasteiger partial charge in [0.25, 0.3) is 0 Å². The van der Waals surface area contributed by atoms with Crippen molar-refractivity contribution in [2.45, 2.75) is 236 Å². The zero-order valence-electron chi connectivity index (χ0n) is 31.8. The van der Waals surface area contributed by atoms with E-state index in [-0.39, 0.29) is 13.0 Å². The van der Waals surface area contributed by atoms with Crippen LogP contribution in [0.3, 0.4) is 0 Å². The number of hydrogen-bond acceptors (Lipinski definition) is 7. The van der Waals surface area contributed by atoms with Crippen LogP contribution in [-0.4, -0.2) is 79.8 Å². The average Bonchev–Trinajstić information content (AvgIpc) is 3.09. The van der Waals surface area contributed by atoms with Gasteiger partial charge in [-0.25, -0.2) is 0 Å². The molecular weight excluding hydrogens is 635 g/mol. The van der Waals surface area contributed by atoms with Crippen molar-refractivity contribution in [3.8, 4) is 0 Å². The Kier molecular flexibility index (Phi) is 30.4. The predicted molar refractivity (Wildman–Crippen MR) is 209 cm³/mol. The third kappa shape index (κ3) is 25.1. The molecule has 0 saturated heterocycles. The van der Waals surface area contributed by atoms with Crippen LogP contribution in [0.5, 0.6) is 0 Å². The van der Waals surface area contributed by atoms with E-state index in [1.807, 2.05) is 6.92 Å². The lowest BCUT2D eigenvalue weighted by molar-refractivity contribution is -0.124. The molecule has 6 N–H and O–H groups in total. The molecule has 0 bridgehead atoms. The highest BCUT2D eigenvalue weighted by Gasteiger charge is 2.33. The second-order valence-electron chi connectivity index (χ2n) is 14.9. The summed E-state index contributed by atoms with van der Waals surface area (Å²) in [6, 6.07) is -0.548. The van der Waals surface area contributed by atoms with Crippen molar-refractivity contribution in [2.24, 2.45) is 0 Å². The van der Waals surface area contributed by atoms with E-state index in [2.05, 4.69) is 12.2 Å². The maximum absolute atomic E-state index is 10.9. The summed E-state index contributed by atoms with van der Waals surface area (Å²) in [5.41, 5.74) is 0. The van der Waals surface area contributed by atoms with Crippen molar-refractivity contribution >= 4 is 17.2 Å². The van der Waals surface area contributed by atoms with Crippen LogP contribution in [0.2, 0.25) is 0 Å². The van der Waals surface area contributed by atoms with Crippen molar-refractivity contribution in [2.75, 3.05) is 6.61 Å².